The van der Waals surface area contributed by atoms with Crippen molar-refractivity contribution in [3.05, 3.63) is 22.9 Å². The first-order valence-corrected chi connectivity index (χ1v) is 10.0. The van der Waals surface area contributed by atoms with Crippen molar-refractivity contribution in [3.63, 3.8) is 0 Å². The maximum Gasteiger partial charge on any atom is 0.431 e. The van der Waals surface area contributed by atoms with Crippen LogP contribution in [0.25, 0.3) is 17.6 Å². The summed E-state index contributed by atoms with van der Waals surface area (Å²) in [5.41, 5.74) is 0.258. The van der Waals surface area contributed by atoms with Crippen molar-refractivity contribution in [3.8, 4) is 11.5 Å². The third kappa shape index (κ3) is 3.82. The van der Waals surface area contributed by atoms with Gasteiger partial charge in [0.1, 0.15) is 22.2 Å². The number of carbonyl (C=O) groups excluding carboxylic acids is 1. The largest absolute Gasteiger partial charge is 0.431 e. The summed E-state index contributed by atoms with van der Waals surface area (Å²) < 4.78 is 43.3. The molecule has 3 heterocycles. The van der Waals surface area contributed by atoms with E-state index < -0.39 is 11.9 Å². The highest BCUT2D eigenvalue weighted by molar-refractivity contribution is 7.99. The van der Waals surface area contributed by atoms with Gasteiger partial charge in [-0.1, -0.05) is 6.92 Å². The van der Waals surface area contributed by atoms with E-state index in [1.807, 2.05) is 0 Å². The van der Waals surface area contributed by atoms with Crippen LogP contribution < -0.4 is 5.32 Å². The molecular formula is C18H22F3N5OS. The molecule has 0 unspecified atom stereocenters. The monoisotopic (exact) mass is 413 g/mol. The quantitative estimate of drug-likeness (QED) is 0.580. The Labute approximate surface area is 165 Å². The van der Waals surface area contributed by atoms with Crippen molar-refractivity contribution < 1.29 is 18.0 Å². The van der Waals surface area contributed by atoms with Crippen LogP contribution in [0.2, 0.25) is 0 Å². The number of hydrogen-bond donors (Lipinski definition) is 1. The molecule has 3 rings (SSSR count). The van der Waals surface area contributed by atoms with Crippen molar-refractivity contribution in [1.29, 1.82) is 0 Å². The van der Waals surface area contributed by atoms with Gasteiger partial charge in [0.05, 0.1) is 5.69 Å². The first-order valence-electron chi connectivity index (χ1n) is 9.02. The Morgan fingerprint density at radius 1 is 1.32 bits per heavy atom. The van der Waals surface area contributed by atoms with Crippen molar-refractivity contribution >= 4 is 24.2 Å². The van der Waals surface area contributed by atoms with Crippen LogP contribution >= 0.6 is 11.8 Å². The Hall–Kier alpha value is -2.23. The lowest BCUT2D eigenvalue weighted by Crippen LogP contribution is -2.25. The number of halogens is 3. The van der Waals surface area contributed by atoms with Gasteiger partial charge in [-0.2, -0.15) is 13.2 Å². The lowest BCUT2D eigenvalue weighted by atomic mass is 10.2. The third-order valence-corrected chi connectivity index (χ3v) is 5.72. The van der Waals surface area contributed by atoms with Crippen LogP contribution in [0.1, 0.15) is 37.0 Å². The zero-order valence-electron chi connectivity index (χ0n) is 15.9. The molecule has 0 aromatic carbocycles. The molecule has 2 aromatic heterocycles. The molecule has 6 nitrogen and oxygen atoms in total. The van der Waals surface area contributed by atoms with Gasteiger partial charge in [-0.15, -0.1) is 11.8 Å². The van der Waals surface area contributed by atoms with E-state index >= 15 is 0 Å². The standard InChI is InChI=1S/C18H22F3N5OS/c1-4-28-17-15(24-14-7-5-6-8-26(14)17)16-23-12(11(2)25(16)3)9-13(22-10-27)18(19,20)21/h9-10H,4-8H2,1-3H3,(H,22,27)/b13-9-. The van der Waals surface area contributed by atoms with E-state index in [0.717, 1.165) is 48.5 Å². The van der Waals surface area contributed by atoms with Gasteiger partial charge >= 0.3 is 6.18 Å². The minimum absolute atomic E-state index is 0.0118. The number of thioether (sulfide) groups is 1. The molecule has 0 bridgehead atoms. The number of fused-ring (bicyclic) bond motifs is 1. The summed E-state index contributed by atoms with van der Waals surface area (Å²) in [5, 5.41) is 2.72. The van der Waals surface area contributed by atoms with Gasteiger partial charge < -0.3 is 14.5 Å². The molecule has 1 aliphatic heterocycles. The topological polar surface area (TPSA) is 64.7 Å². The van der Waals surface area contributed by atoms with Crippen molar-refractivity contribution in [2.24, 2.45) is 7.05 Å². The number of nitrogens with zero attached hydrogens (tertiary/aromatic N) is 4. The van der Waals surface area contributed by atoms with Crippen molar-refractivity contribution in [2.45, 2.75) is 50.9 Å². The van der Waals surface area contributed by atoms with Gasteiger partial charge in [-0.25, -0.2) is 9.97 Å². The number of alkyl halides is 3. The summed E-state index contributed by atoms with van der Waals surface area (Å²) >= 11 is 1.66. The number of aromatic nitrogens is 4. The van der Waals surface area contributed by atoms with E-state index in [-0.39, 0.29) is 12.1 Å². The Kier molecular flexibility index (Phi) is 5.87. The molecule has 0 saturated carbocycles. The average Bonchev–Trinajstić information content (AvgIpc) is 3.13. The van der Waals surface area contributed by atoms with E-state index in [4.69, 9.17) is 4.98 Å². The number of aryl methyl sites for hydroxylation is 1. The van der Waals surface area contributed by atoms with Crippen molar-refractivity contribution in [2.75, 3.05) is 5.75 Å². The number of allylic oxidation sites excluding steroid dienone is 1. The summed E-state index contributed by atoms with van der Waals surface area (Å²) in [4.78, 5) is 19.8. The number of carbonyl (C=O) groups is 1. The summed E-state index contributed by atoms with van der Waals surface area (Å²) in [6.45, 7) is 4.64. The highest BCUT2D eigenvalue weighted by Crippen LogP contribution is 2.35. The predicted molar refractivity (Wildman–Crippen MR) is 102 cm³/mol. The highest BCUT2D eigenvalue weighted by Gasteiger charge is 2.34. The average molecular weight is 413 g/mol. The Balaban J connectivity index is 2.12. The minimum Gasteiger partial charge on any atom is -0.329 e. The van der Waals surface area contributed by atoms with Crippen LogP contribution in [0.3, 0.4) is 0 Å². The lowest BCUT2D eigenvalue weighted by molar-refractivity contribution is -0.116. The summed E-state index contributed by atoms with van der Waals surface area (Å²) in [5.74, 6) is 2.37. The molecule has 152 valence electrons. The first kappa shape index (κ1) is 20.5. The highest BCUT2D eigenvalue weighted by atomic mass is 32.2. The molecule has 28 heavy (non-hydrogen) atoms. The predicted octanol–water partition coefficient (Wildman–Crippen LogP) is 3.69. The fourth-order valence-corrected chi connectivity index (χ4v) is 4.14. The molecule has 1 amide bonds. The molecule has 10 heteroatoms. The fraction of sp³-hybridized carbons (Fsp3) is 0.500. The normalized spacial score (nSPS) is 14.9. The molecule has 0 atom stereocenters. The molecule has 1 N–H and O–H groups in total. The van der Waals surface area contributed by atoms with E-state index in [2.05, 4.69) is 16.5 Å². The van der Waals surface area contributed by atoms with Gasteiger partial charge in [-0.05, 0) is 31.6 Å². The molecule has 0 radical (unpaired) electrons. The minimum atomic E-state index is -4.68. The molecule has 0 aliphatic carbocycles. The summed E-state index contributed by atoms with van der Waals surface area (Å²) in [7, 11) is 1.76. The van der Waals surface area contributed by atoms with Crippen LogP contribution in [0, 0.1) is 6.92 Å². The zero-order valence-corrected chi connectivity index (χ0v) is 16.7. The van der Waals surface area contributed by atoms with E-state index in [0.29, 0.717) is 17.2 Å². The third-order valence-electron chi connectivity index (χ3n) is 4.74. The summed E-state index contributed by atoms with van der Waals surface area (Å²) in [6, 6.07) is 0. The SMILES string of the molecule is CCSc1c(-c2nc(/C=C(\NC=O)C(F)(F)F)c(C)n2C)nc2n1CCCC2. The molecular weight excluding hydrogens is 391 g/mol. The van der Waals surface area contributed by atoms with Crippen LogP contribution in [-0.2, 0) is 24.8 Å². The van der Waals surface area contributed by atoms with Gasteiger partial charge in [0.15, 0.2) is 5.82 Å². The zero-order chi connectivity index (χ0) is 20.5. The Morgan fingerprint density at radius 2 is 2.07 bits per heavy atom. The molecule has 0 spiro atoms. The first-order chi connectivity index (χ1) is 13.3. The number of hydrogen-bond acceptors (Lipinski definition) is 4. The Morgan fingerprint density at radius 3 is 2.71 bits per heavy atom. The Bertz CT molecular complexity index is 913. The van der Waals surface area contributed by atoms with Crippen LogP contribution in [0.5, 0.6) is 0 Å². The van der Waals surface area contributed by atoms with Crippen LogP contribution in [0.4, 0.5) is 13.2 Å². The van der Waals surface area contributed by atoms with Crippen molar-refractivity contribution in [1.82, 2.24) is 24.4 Å². The van der Waals surface area contributed by atoms with E-state index in [9.17, 15) is 18.0 Å². The van der Waals surface area contributed by atoms with Gasteiger partial charge in [0, 0.05) is 25.7 Å². The molecule has 0 saturated heterocycles. The fourth-order valence-electron chi connectivity index (χ4n) is 3.24. The number of rotatable bonds is 6. The molecule has 1 aliphatic rings. The van der Waals surface area contributed by atoms with E-state index in [1.165, 1.54) is 0 Å². The molecule has 2 aromatic rings. The smallest absolute Gasteiger partial charge is 0.329 e. The molecule has 0 fully saturated rings. The summed E-state index contributed by atoms with van der Waals surface area (Å²) in [6.07, 6.45) is -0.767. The van der Waals surface area contributed by atoms with Gasteiger partial charge in [0.25, 0.3) is 0 Å². The van der Waals surface area contributed by atoms with Crippen LogP contribution in [0.15, 0.2) is 10.7 Å². The maximum absolute atomic E-state index is 13.1. The number of amides is 1. The lowest BCUT2D eigenvalue weighted by Gasteiger charge is -2.15. The van der Waals surface area contributed by atoms with Crippen LogP contribution in [-0.4, -0.2) is 37.4 Å². The maximum atomic E-state index is 13.1. The second kappa shape index (κ2) is 8.02. The number of imidazole rings is 2. The van der Waals surface area contributed by atoms with E-state index in [1.54, 1.807) is 35.6 Å². The second-order valence-electron chi connectivity index (χ2n) is 6.51. The number of nitrogens with one attached hydrogen (secondary N) is 1. The van der Waals surface area contributed by atoms with Gasteiger partial charge in [0.2, 0.25) is 6.41 Å². The van der Waals surface area contributed by atoms with Gasteiger partial charge in [-0.3, -0.25) is 4.79 Å². The second-order valence-corrected chi connectivity index (χ2v) is 7.76.